The molecule has 0 saturated carbocycles. The van der Waals surface area contributed by atoms with Crippen molar-refractivity contribution in [3.05, 3.63) is 53.8 Å². The Morgan fingerprint density at radius 1 is 1.12 bits per heavy atom. The average Bonchev–Trinajstić information content (AvgIpc) is 2.29. The van der Waals surface area contributed by atoms with Crippen molar-refractivity contribution in [1.82, 2.24) is 0 Å². The van der Waals surface area contributed by atoms with Crippen molar-refractivity contribution in [3.63, 3.8) is 0 Å². The molecule has 0 heterocycles. The Hall–Kier alpha value is -1.40. The first-order valence-corrected chi connectivity index (χ1v) is 6.11. The predicted octanol–water partition coefficient (Wildman–Crippen LogP) is 2.49. The van der Waals surface area contributed by atoms with E-state index in [-0.39, 0.29) is 11.6 Å². The number of benzene rings is 2. The molecule has 0 atom stereocenters. The molecule has 0 aliphatic rings. The maximum atomic E-state index is 13.1. The van der Waals surface area contributed by atoms with Gasteiger partial charge in [0.2, 0.25) is 0 Å². The SMILES string of the molecule is CC(=O)c1cc(-c2cccc(F)c2)ccc1[As]. The van der Waals surface area contributed by atoms with Crippen LogP contribution in [0.15, 0.2) is 42.5 Å². The van der Waals surface area contributed by atoms with Gasteiger partial charge in [0.15, 0.2) is 0 Å². The fourth-order valence-corrected chi connectivity index (χ4v) is 2.29. The number of rotatable bonds is 2. The Balaban J connectivity index is 2.54. The van der Waals surface area contributed by atoms with Gasteiger partial charge in [0.1, 0.15) is 0 Å². The number of hydrogen-bond acceptors (Lipinski definition) is 1. The van der Waals surface area contributed by atoms with Crippen molar-refractivity contribution in [2.75, 3.05) is 0 Å². The van der Waals surface area contributed by atoms with Gasteiger partial charge in [-0.15, -0.1) is 0 Å². The fraction of sp³-hybridized carbons (Fsp3) is 0.0714. The van der Waals surface area contributed by atoms with Gasteiger partial charge >= 0.3 is 108 Å². The first-order chi connectivity index (χ1) is 8.08. The van der Waals surface area contributed by atoms with Gasteiger partial charge in [0.25, 0.3) is 0 Å². The summed E-state index contributed by atoms with van der Waals surface area (Å²) in [6, 6.07) is 11.9. The second kappa shape index (κ2) is 4.85. The van der Waals surface area contributed by atoms with Gasteiger partial charge in [0, 0.05) is 0 Å². The molecule has 3 heteroatoms. The molecule has 0 unspecified atom stereocenters. The van der Waals surface area contributed by atoms with Crippen LogP contribution >= 0.6 is 0 Å². The molecular formula is C14H10AsFO. The Morgan fingerprint density at radius 2 is 1.82 bits per heavy atom. The van der Waals surface area contributed by atoms with Gasteiger partial charge in [-0.25, -0.2) is 0 Å². The van der Waals surface area contributed by atoms with Crippen LogP contribution in [0.1, 0.15) is 17.3 Å². The summed E-state index contributed by atoms with van der Waals surface area (Å²) in [7, 11) is 0. The summed E-state index contributed by atoms with van der Waals surface area (Å²) in [4.78, 5) is 11.4. The van der Waals surface area contributed by atoms with Gasteiger partial charge in [-0.3, -0.25) is 0 Å². The molecule has 0 amide bonds. The molecule has 0 aliphatic heterocycles. The number of halogens is 1. The minimum atomic E-state index is -0.275. The second-order valence-corrected chi connectivity index (χ2v) is 4.81. The van der Waals surface area contributed by atoms with Crippen LogP contribution < -0.4 is 4.35 Å². The van der Waals surface area contributed by atoms with Crippen LogP contribution in [0.2, 0.25) is 0 Å². The number of hydrogen-bond donors (Lipinski definition) is 0. The van der Waals surface area contributed by atoms with Crippen LogP contribution in [0.4, 0.5) is 4.39 Å². The standard InChI is InChI=1S/C14H10AsFO/c1-9(17)13-8-11(5-6-14(13)15)10-3-2-4-12(16)7-10/h2-8H,1H3. The first kappa shape index (κ1) is 12.1. The summed E-state index contributed by atoms with van der Waals surface area (Å²) in [6.45, 7) is 1.53. The van der Waals surface area contributed by atoms with Crippen molar-refractivity contribution in [3.8, 4) is 11.1 Å². The van der Waals surface area contributed by atoms with Gasteiger partial charge in [-0.1, -0.05) is 0 Å². The average molecular weight is 288 g/mol. The van der Waals surface area contributed by atoms with Crippen LogP contribution in [0.3, 0.4) is 0 Å². The van der Waals surface area contributed by atoms with Crippen LogP contribution in [0, 0.1) is 5.82 Å². The van der Waals surface area contributed by atoms with Crippen molar-refractivity contribution in [2.24, 2.45) is 0 Å². The van der Waals surface area contributed by atoms with E-state index in [1.54, 1.807) is 12.1 Å². The quantitative estimate of drug-likeness (QED) is 0.613. The summed E-state index contributed by atoms with van der Waals surface area (Å²) in [5, 5.41) is 0. The zero-order chi connectivity index (χ0) is 12.4. The molecule has 0 N–H and O–H groups in total. The third-order valence-electron chi connectivity index (χ3n) is 2.53. The zero-order valence-electron chi connectivity index (χ0n) is 9.27. The molecule has 2 rings (SSSR count). The molecule has 2 radical (unpaired) electrons. The Bertz CT molecular complexity index is 578. The first-order valence-electron chi connectivity index (χ1n) is 5.18. The van der Waals surface area contributed by atoms with E-state index in [9.17, 15) is 9.18 Å². The molecule has 0 fully saturated rings. The second-order valence-electron chi connectivity index (χ2n) is 3.80. The molecule has 0 aromatic heterocycles. The van der Waals surface area contributed by atoms with E-state index in [0.29, 0.717) is 5.56 Å². The Labute approximate surface area is 108 Å². The summed E-state index contributed by atoms with van der Waals surface area (Å²) in [5.74, 6) is -0.262. The number of Topliss-reactive ketones (excluding diaryl/α,β-unsaturated/α-hetero) is 1. The Morgan fingerprint density at radius 3 is 2.47 bits per heavy atom. The van der Waals surface area contributed by atoms with E-state index in [4.69, 9.17) is 0 Å². The summed E-state index contributed by atoms with van der Waals surface area (Å²) in [6.07, 6.45) is 0. The molecular weight excluding hydrogens is 278 g/mol. The van der Waals surface area contributed by atoms with Gasteiger partial charge in [-0.05, 0) is 0 Å². The van der Waals surface area contributed by atoms with E-state index < -0.39 is 0 Å². The maximum absolute atomic E-state index is 13.1. The summed E-state index contributed by atoms with van der Waals surface area (Å²) in [5.41, 5.74) is 2.29. The summed E-state index contributed by atoms with van der Waals surface area (Å²) < 4.78 is 14.0. The van der Waals surface area contributed by atoms with Crippen LogP contribution in [-0.4, -0.2) is 22.6 Å². The van der Waals surface area contributed by atoms with Crippen LogP contribution in [-0.2, 0) is 0 Å². The van der Waals surface area contributed by atoms with Crippen LogP contribution in [0.5, 0.6) is 0 Å². The molecule has 0 spiro atoms. The molecule has 2 aromatic rings. The van der Waals surface area contributed by atoms with Crippen molar-refractivity contribution in [2.45, 2.75) is 6.92 Å². The molecule has 2 aromatic carbocycles. The van der Waals surface area contributed by atoms with E-state index in [0.717, 1.165) is 15.5 Å². The van der Waals surface area contributed by atoms with Crippen molar-refractivity contribution >= 4 is 27.0 Å². The summed E-state index contributed by atoms with van der Waals surface area (Å²) >= 11 is 2.37. The van der Waals surface area contributed by atoms with E-state index in [1.807, 2.05) is 18.2 Å². The van der Waals surface area contributed by atoms with E-state index in [2.05, 4.69) is 16.9 Å². The Kier molecular flexibility index (Phi) is 3.44. The monoisotopic (exact) mass is 288 g/mol. The van der Waals surface area contributed by atoms with Gasteiger partial charge in [0.05, 0.1) is 0 Å². The van der Waals surface area contributed by atoms with Crippen LogP contribution in [0.25, 0.3) is 11.1 Å². The number of carbonyl (C=O) groups excluding carboxylic acids is 1. The molecule has 0 bridgehead atoms. The topological polar surface area (TPSA) is 17.1 Å². The molecule has 84 valence electrons. The molecule has 0 aliphatic carbocycles. The third-order valence-corrected chi connectivity index (χ3v) is 3.35. The third kappa shape index (κ3) is 2.64. The zero-order valence-corrected chi connectivity index (χ0v) is 11.2. The van der Waals surface area contributed by atoms with Crippen molar-refractivity contribution in [1.29, 1.82) is 0 Å². The van der Waals surface area contributed by atoms with Crippen molar-refractivity contribution < 1.29 is 9.18 Å². The normalized spacial score (nSPS) is 10.3. The molecule has 1 nitrogen and oxygen atoms in total. The molecule has 17 heavy (non-hydrogen) atoms. The molecule has 0 saturated heterocycles. The van der Waals surface area contributed by atoms with E-state index >= 15 is 0 Å². The predicted molar refractivity (Wildman–Crippen MR) is 67.2 cm³/mol. The number of ketones is 1. The fourth-order valence-electron chi connectivity index (χ4n) is 1.67. The number of carbonyl (C=O) groups is 1. The van der Waals surface area contributed by atoms with Gasteiger partial charge < -0.3 is 0 Å². The minimum absolute atomic E-state index is 0.0129. The van der Waals surface area contributed by atoms with Gasteiger partial charge in [-0.2, -0.15) is 0 Å². The van der Waals surface area contributed by atoms with E-state index in [1.165, 1.54) is 19.1 Å².